The number of hydrogen-bond acceptors (Lipinski definition) is 5. The number of likely N-dealkylation sites (N-methyl/N-ethyl adjacent to an activating group) is 1. The highest BCUT2D eigenvalue weighted by Crippen LogP contribution is 2.34. The fraction of sp³-hybridized carbons (Fsp3) is 0.500. The first-order valence-electron chi connectivity index (χ1n) is 6.97. The van der Waals surface area contributed by atoms with Crippen molar-refractivity contribution in [3.8, 4) is 11.5 Å². The molecule has 2 unspecified atom stereocenters. The second-order valence-electron chi connectivity index (χ2n) is 5.02. The van der Waals surface area contributed by atoms with Crippen LogP contribution in [0.2, 0.25) is 0 Å². The van der Waals surface area contributed by atoms with E-state index in [1.54, 1.807) is 6.07 Å². The zero-order valence-electron chi connectivity index (χ0n) is 11.3. The Bertz CT molecular complexity index is 569. The van der Waals surface area contributed by atoms with E-state index in [1.165, 1.54) is 6.07 Å². The van der Waals surface area contributed by atoms with Crippen LogP contribution in [0.15, 0.2) is 22.9 Å². The number of nitrogens with zero attached hydrogens (tertiary/aromatic N) is 3. The Morgan fingerprint density at radius 2 is 2.30 bits per heavy atom. The molecule has 20 heavy (non-hydrogen) atoms. The highest BCUT2D eigenvalue weighted by atomic mass is 19.1. The van der Waals surface area contributed by atoms with Crippen LogP contribution in [-0.2, 0) is 0 Å². The average molecular weight is 276 g/mol. The van der Waals surface area contributed by atoms with Gasteiger partial charge in [-0.15, -0.1) is 0 Å². The van der Waals surface area contributed by atoms with Crippen LogP contribution in [0.4, 0.5) is 4.39 Å². The molecule has 1 aliphatic rings. The van der Waals surface area contributed by atoms with Crippen molar-refractivity contribution in [2.24, 2.45) is 0 Å². The van der Waals surface area contributed by atoms with Gasteiger partial charge in [-0.05, 0) is 31.5 Å². The minimum atomic E-state index is -0.375. The van der Waals surface area contributed by atoms with Crippen molar-refractivity contribution in [3.63, 3.8) is 0 Å². The molecule has 0 spiro atoms. The predicted octanol–water partition coefficient (Wildman–Crippen LogP) is 2.52. The van der Waals surface area contributed by atoms with Gasteiger partial charge >= 0.3 is 0 Å². The maximum Gasteiger partial charge on any atom is 0.231 e. The minimum Gasteiger partial charge on any atom is -0.339 e. The second kappa shape index (κ2) is 5.66. The van der Waals surface area contributed by atoms with Gasteiger partial charge in [0.15, 0.2) is 0 Å². The van der Waals surface area contributed by atoms with Crippen LogP contribution >= 0.6 is 0 Å². The largest absolute Gasteiger partial charge is 0.339 e. The normalized spacial score (nSPS) is 22.3. The molecule has 0 bridgehead atoms. The Morgan fingerprint density at radius 1 is 1.40 bits per heavy atom. The first-order valence-corrected chi connectivity index (χ1v) is 6.97. The van der Waals surface area contributed by atoms with Crippen LogP contribution in [0.3, 0.4) is 0 Å². The summed E-state index contributed by atoms with van der Waals surface area (Å²) in [7, 11) is 0. The molecule has 0 radical (unpaired) electrons. The molecule has 106 valence electrons. The number of hydrogen-bond donors (Lipinski definition) is 1. The molecule has 2 atom stereocenters. The minimum absolute atomic E-state index is 0.261. The van der Waals surface area contributed by atoms with Gasteiger partial charge in [-0.3, -0.25) is 0 Å². The molecule has 0 amide bonds. The fourth-order valence-corrected chi connectivity index (χ4v) is 2.76. The van der Waals surface area contributed by atoms with E-state index in [4.69, 9.17) is 4.52 Å². The third kappa shape index (κ3) is 2.56. The second-order valence-corrected chi connectivity index (χ2v) is 5.02. The highest BCUT2D eigenvalue weighted by molar-refractivity contribution is 5.47. The Balaban J connectivity index is 1.81. The molecule has 1 fully saturated rings. The monoisotopic (exact) mass is 276 g/mol. The van der Waals surface area contributed by atoms with Crippen molar-refractivity contribution >= 4 is 0 Å². The van der Waals surface area contributed by atoms with Crippen molar-refractivity contribution in [3.05, 3.63) is 30.0 Å². The molecule has 0 aromatic carbocycles. The number of nitrogens with one attached hydrogen (secondary N) is 1. The van der Waals surface area contributed by atoms with Gasteiger partial charge in [0.25, 0.3) is 0 Å². The van der Waals surface area contributed by atoms with Gasteiger partial charge in [-0.1, -0.05) is 18.5 Å². The Labute approximate surface area is 116 Å². The predicted molar refractivity (Wildman–Crippen MR) is 71.5 cm³/mol. The van der Waals surface area contributed by atoms with Gasteiger partial charge in [-0.25, -0.2) is 9.37 Å². The van der Waals surface area contributed by atoms with E-state index in [0.717, 1.165) is 32.0 Å². The van der Waals surface area contributed by atoms with Crippen molar-refractivity contribution in [1.82, 2.24) is 20.4 Å². The van der Waals surface area contributed by atoms with E-state index < -0.39 is 0 Å². The lowest BCUT2D eigenvalue weighted by Gasteiger charge is -2.16. The lowest BCUT2D eigenvalue weighted by molar-refractivity contribution is 0.332. The molecule has 1 saturated carbocycles. The zero-order valence-corrected chi connectivity index (χ0v) is 11.3. The summed E-state index contributed by atoms with van der Waals surface area (Å²) >= 11 is 0. The Morgan fingerprint density at radius 3 is 3.05 bits per heavy atom. The number of aromatic nitrogens is 3. The van der Waals surface area contributed by atoms with Gasteiger partial charge in [0.1, 0.15) is 11.5 Å². The van der Waals surface area contributed by atoms with Crippen LogP contribution < -0.4 is 5.32 Å². The van der Waals surface area contributed by atoms with Gasteiger partial charge in [0, 0.05) is 6.04 Å². The van der Waals surface area contributed by atoms with Gasteiger partial charge < -0.3 is 9.84 Å². The molecular formula is C14H17FN4O. The maximum atomic E-state index is 12.9. The van der Waals surface area contributed by atoms with Crippen molar-refractivity contribution in [2.75, 3.05) is 6.54 Å². The summed E-state index contributed by atoms with van der Waals surface area (Å²) in [5.74, 6) is 0.953. The molecule has 1 aliphatic carbocycles. The van der Waals surface area contributed by atoms with Crippen LogP contribution in [-0.4, -0.2) is 27.7 Å². The summed E-state index contributed by atoms with van der Waals surface area (Å²) in [5, 5.41) is 7.41. The van der Waals surface area contributed by atoms with E-state index in [1.807, 2.05) is 0 Å². The van der Waals surface area contributed by atoms with E-state index >= 15 is 0 Å². The Kier molecular flexibility index (Phi) is 3.73. The zero-order chi connectivity index (χ0) is 13.9. The molecule has 0 saturated heterocycles. The summed E-state index contributed by atoms with van der Waals surface area (Å²) in [6, 6.07) is 3.30. The third-order valence-corrected chi connectivity index (χ3v) is 3.70. The van der Waals surface area contributed by atoms with E-state index in [2.05, 4.69) is 27.4 Å². The smallest absolute Gasteiger partial charge is 0.231 e. The average Bonchev–Trinajstić information content (AvgIpc) is 3.08. The van der Waals surface area contributed by atoms with Crippen molar-refractivity contribution in [1.29, 1.82) is 0 Å². The first-order chi connectivity index (χ1) is 9.78. The molecule has 0 aliphatic heterocycles. The quantitative estimate of drug-likeness (QED) is 0.929. The molecule has 3 rings (SSSR count). The van der Waals surface area contributed by atoms with Gasteiger partial charge in [0.2, 0.25) is 11.7 Å². The van der Waals surface area contributed by atoms with Crippen molar-refractivity contribution < 1.29 is 8.91 Å². The van der Waals surface area contributed by atoms with E-state index in [0.29, 0.717) is 23.5 Å². The van der Waals surface area contributed by atoms with Crippen LogP contribution in [0.25, 0.3) is 11.5 Å². The molecule has 2 aromatic heterocycles. The third-order valence-electron chi connectivity index (χ3n) is 3.70. The molecular weight excluding hydrogens is 259 g/mol. The number of pyridine rings is 1. The topological polar surface area (TPSA) is 63.8 Å². The van der Waals surface area contributed by atoms with Crippen LogP contribution in [0.1, 0.15) is 38.0 Å². The fourth-order valence-electron chi connectivity index (χ4n) is 2.76. The maximum absolute atomic E-state index is 12.9. The number of rotatable bonds is 4. The van der Waals surface area contributed by atoms with Crippen molar-refractivity contribution in [2.45, 2.75) is 38.1 Å². The molecule has 5 nitrogen and oxygen atoms in total. The summed E-state index contributed by atoms with van der Waals surface area (Å²) < 4.78 is 18.2. The Hall–Kier alpha value is -1.82. The molecule has 1 N–H and O–H groups in total. The van der Waals surface area contributed by atoms with Crippen LogP contribution in [0.5, 0.6) is 0 Å². The van der Waals surface area contributed by atoms with Crippen LogP contribution in [0, 0.1) is 5.82 Å². The first kappa shape index (κ1) is 13.2. The van der Waals surface area contributed by atoms with E-state index in [9.17, 15) is 4.39 Å². The molecule has 2 heterocycles. The standard InChI is InChI=1S/C14H17FN4O/c1-2-16-11-5-3-4-10(11)14-18-13(19-20-14)12-7-6-9(15)8-17-12/h6-8,10-11,16H,2-5H2,1H3. The lowest BCUT2D eigenvalue weighted by Crippen LogP contribution is -2.31. The SMILES string of the molecule is CCNC1CCCC1c1nc(-c2ccc(F)cn2)no1. The molecule has 6 heteroatoms. The lowest BCUT2D eigenvalue weighted by atomic mass is 10.0. The van der Waals surface area contributed by atoms with Gasteiger partial charge in [0.05, 0.1) is 12.1 Å². The van der Waals surface area contributed by atoms with E-state index in [-0.39, 0.29) is 11.7 Å². The summed E-state index contributed by atoms with van der Waals surface area (Å²) in [5.41, 5.74) is 0.527. The number of halogens is 1. The summed E-state index contributed by atoms with van der Waals surface area (Å²) in [6.45, 7) is 3.03. The molecule has 2 aromatic rings. The van der Waals surface area contributed by atoms with Gasteiger partial charge in [-0.2, -0.15) is 4.98 Å². The summed E-state index contributed by atoms with van der Waals surface area (Å²) in [6.07, 6.45) is 4.50. The highest BCUT2D eigenvalue weighted by Gasteiger charge is 2.32. The summed E-state index contributed by atoms with van der Waals surface area (Å²) in [4.78, 5) is 8.39.